The van der Waals surface area contributed by atoms with Gasteiger partial charge in [-0.2, -0.15) is 0 Å². The number of carbonyl (C=O) groups is 3. The van der Waals surface area contributed by atoms with Gasteiger partial charge in [0, 0.05) is 11.8 Å². The summed E-state index contributed by atoms with van der Waals surface area (Å²) in [5.41, 5.74) is 2.06. The zero-order valence-corrected chi connectivity index (χ0v) is 15.6. The Morgan fingerprint density at radius 1 is 1.04 bits per heavy atom. The third-order valence-electron chi connectivity index (χ3n) is 3.92. The van der Waals surface area contributed by atoms with Crippen LogP contribution in [0.2, 0.25) is 0 Å². The molecule has 0 radical (unpaired) electrons. The fourth-order valence-corrected chi connectivity index (χ4v) is 2.46. The van der Waals surface area contributed by atoms with E-state index in [1.54, 1.807) is 0 Å². The van der Waals surface area contributed by atoms with Gasteiger partial charge in [0.1, 0.15) is 11.6 Å². The third kappa shape index (κ3) is 5.60. The standard InChI is InChI=1S/C20H20F2N2O4/c1-11-5-4-6-12(2)18(11)24-17(25)10-23-19(26)13(3)28-20(27)14-7-15(21)9-16(22)8-14/h4-9,13H,10H2,1-3H3,(H,23,26)(H,24,25). The smallest absolute Gasteiger partial charge is 0.339 e. The number of rotatable bonds is 6. The Morgan fingerprint density at radius 3 is 2.18 bits per heavy atom. The number of esters is 1. The fraction of sp³-hybridized carbons (Fsp3) is 0.250. The van der Waals surface area contributed by atoms with Crippen molar-refractivity contribution in [1.82, 2.24) is 5.32 Å². The first kappa shape index (κ1) is 21.0. The van der Waals surface area contributed by atoms with E-state index >= 15 is 0 Å². The lowest BCUT2D eigenvalue weighted by atomic mass is 10.1. The summed E-state index contributed by atoms with van der Waals surface area (Å²) in [4.78, 5) is 36.0. The highest BCUT2D eigenvalue weighted by Crippen LogP contribution is 2.19. The molecule has 2 rings (SSSR count). The van der Waals surface area contributed by atoms with Crippen molar-refractivity contribution in [3.8, 4) is 0 Å². The minimum atomic E-state index is -1.26. The van der Waals surface area contributed by atoms with Gasteiger partial charge in [0.25, 0.3) is 5.91 Å². The molecule has 0 aliphatic carbocycles. The van der Waals surface area contributed by atoms with E-state index in [1.807, 2.05) is 32.0 Å². The van der Waals surface area contributed by atoms with Crippen molar-refractivity contribution < 1.29 is 27.9 Å². The fourth-order valence-electron chi connectivity index (χ4n) is 2.46. The number of hydrogen-bond acceptors (Lipinski definition) is 4. The van der Waals surface area contributed by atoms with Crippen molar-refractivity contribution in [2.75, 3.05) is 11.9 Å². The van der Waals surface area contributed by atoms with Crippen molar-refractivity contribution in [3.05, 3.63) is 64.7 Å². The van der Waals surface area contributed by atoms with E-state index in [0.29, 0.717) is 11.8 Å². The van der Waals surface area contributed by atoms with Crippen LogP contribution in [0.5, 0.6) is 0 Å². The molecule has 2 aromatic rings. The number of ether oxygens (including phenoxy) is 1. The molecule has 0 fully saturated rings. The highest BCUT2D eigenvalue weighted by molar-refractivity contribution is 5.97. The second kappa shape index (κ2) is 9.07. The van der Waals surface area contributed by atoms with Crippen LogP contribution in [0.15, 0.2) is 36.4 Å². The maximum Gasteiger partial charge on any atom is 0.339 e. The lowest BCUT2D eigenvalue weighted by Crippen LogP contribution is -2.40. The number of benzene rings is 2. The Labute approximate surface area is 160 Å². The monoisotopic (exact) mass is 390 g/mol. The molecule has 0 saturated heterocycles. The van der Waals surface area contributed by atoms with Crippen molar-refractivity contribution in [2.45, 2.75) is 26.9 Å². The number of nitrogens with one attached hydrogen (secondary N) is 2. The topological polar surface area (TPSA) is 84.5 Å². The normalized spacial score (nSPS) is 11.5. The molecule has 0 spiro atoms. The van der Waals surface area contributed by atoms with Gasteiger partial charge in [0.15, 0.2) is 6.10 Å². The van der Waals surface area contributed by atoms with E-state index in [2.05, 4.69) is 10.6 Å². The molecule has 28 heavy (non-hydrogen) atoms. The number of halogens is 2. The Hall–Kier alpha value is -3.29. The van der Waals surface area contributed by atoms with E-state index in [0.717, 1.165) is 23.3 Å². The van der Waals surface area contributed by atoms with Crippen LogP contribution < -0.4 is 10.6 Å². The van der Waals surface area contributed by atoms with Crippen molar-refractivity contribution in [2.24, 2.45) is 0 Å². The van der Waals surface area contributed by atoms with Gasteiger partial charge in [-0.15, -0.1) is 0 Å². The molecule has 2 aromatic carbocycles. The molecule has 2 N–H and O–H groups in total. The predicted molar refractivity (Wildman–Crippen MR) is 98.8 cm³/mol. The zero-order valence-electron chi connectivity index (χ0n) is 15.6. The summed E-state index contributed by atoms with van der Waals surface area (Å²) >= 11 is 0. The summed E-state index contributed by atoms with van der Waals surface area (Å²) in [6, 6.07) is 7.77. The van der Waals surface area contributed by atoms with Gasteiger partial charge in [0.05, 0.1) is 12.1 Å². The Kier molecular flexibility index (Phi) is 6.81. The molecule has 2 amide bonds. The highest BCUT2D eigenvalue weighted by Gasteiger charge is 2.20. The predicted octanol–water partition coefficient (Wildman–Crippen LogP) is 2.88. The molecule has 1 atom stereocenters. The van der Waals surface area contributed by atoms with Crippen LogP contribution in [0.1, 0.15) is 28.4 Å². The summed E-state index contributed by atoms with van der Waals surface area (Å²) in [6.07, 6.45) is -1.26. The zero-order chi connectivity index (χ0) is 20.8. The van der Waals surface area contributed by atoms with Gasteiger partial charge in [0.2, 0.25) is 5.91 Å². The quantitative estimate of drug-likeness (QED) is 0.743. The molecule has 0 aromatic heterocycles. The molecule has 0 saturated carbocycles. The molecule has 148 valence electrons. The summed E-state index contributed by atoms with van der Waals surface area (Å²) < 4.78 is 31.2. The Morgan fingerprint density at radius 2 is 1.61 bits per heavy atom. The lowest BCUT2D eigenvalue weighted by Gasteiger charge is -2.15. The van der Waals surface area contributed by atoms with Crippen LogP contribution in [0.4, 0.5) is 14.5 Å². The van der Waals surface area contributed by atoms with Crippen molar-refractivity contribution >= 4 is 23.5 Å². The molecule has 6 nitrogen and oxygen atoms in total. The van der Waals surface area contributed by atoms with E-state index in [4.69, 9.17) is 4.74 Å². The number of amides is 2. The van der Waals surface area contributed by atoms with Gasteiger partial charge < -0.3 is 15.4 Å². The average Bonchev–Trinajstić information content (AvgIpc) is 2.62. The summed E-state index contributed by atoms with van der Waals surface area (Å²) in [7, 11) is 0. The maximum absolute atomic E-state index is 13.2. The molecule has 0 bridgehead atoms. The largest absolute Gasteiger partial charge is 0.449 e. The van der Waals surface area contributed by atoms with E-state index in [1.165, 1.54) is 6.92 Å². The number of anilines is 1. The highest BCUT2D eigenvalue weighted by atomic mass is 19.1. The molecule has 8 heteroatoms. The molecule has 0 aliphatic rings. The molecule has 0 heterocycles. The van der Waals surface area contributed by atoms with Crippen molar-refractivity contribution in [3.63, 3.8) is 0 Å². The van der Waals surface area contributed by atoms with Gasteiger partial charge in [-0.25, -0.2) is 13.6 Å². The van der Waals surface area contributed by atoms with Crippen LogP contribution in [0, 0.1) is 25.5 Å². The lowest BCUT2D eigenvalue weighted by molar-refractivity contribution is -0.130. The summed E-state index contributed by atoms with van der Waals surface area (Å²) in [5.74, 6) is -4.10. The second-order valence-electron chi connectivity index (χ2n) is 6.24. The van der Waals surface area contributed by atoms with E-state index in [-0.39, 0.29) is 12.1 Å². The van der Waals surface area contributed by atoms with Crippen LogP contribution in [-0.4, -0.2) is 30.4 Å². The number of para-hydroxylation sites is 1. The Balaban J connectivity index is 1.88. The first-order chi connectivity index (χ1) is 13.2. The van der Waals surface area contributed by atoms with Gasteiger partial charge in [-0.3, -0.25) is 9.59 Å². The minimum Gasteiger partial charge on any atom is -0.449 e. The second-order valence-corrected chi connectivity index (χ2v) is 6.24. The van der Waals surface area contributed by atoms with Gasteiger partial charge >= 0.3 is 5.97 Å². The van der Waals surface area contributed by atoms with Crippen molar-refractivity contribution in [1.29, 1.82) is 0 Å². The number of aryl methyl sites for hydroxylation is 2. The first-order valence-electron chi connectivity index (χ1n) is 8.48. The summed E-state index contributed by atoms with van der Waals surface area (Å²) in [6.45, 7) is 4.64. The van der Waals surface area contributed by atoms with Crippen LogP contribution in [0.25, 0.3) is 0 Å². The number of hydrogen-bond donors (Lipinski definition) is 2. The maximum atomic E-state index is 13.2. The number of carbonyl (C=O) groups excluding carboxylic acids is 3. The van der Waals surface area contributed by atoms with Crippen LogP contribution >= 0.6 is 0 Å². The van der Waals surface area contributed by atoms with Crippen LogP contribution in [-0.2, 0) is 14.3 Å². The minimum absolute atomic E-state index is 0.330. The van der Waals surface area contributed by atoms with Gasteiger partial charge in [-0.05, 0) is 44.0 Å². The first-order valence-corrected chi connectivity index (χ1v) is 8.48. The average molecular weight is 390 g/mol. The Bertz CT molecular complexity index is 875. The van der Waals surface area contributed by atoms with Crippen LogP contribution in [0.3, 0.4) is 0 Å². The third-order valence-corrected chi connectivity index (χ3v) is 3.92. The van der Waals surface area contributed by atoms with E-state index < -0.39 is 35.5 Å². The van der Waals surface area contributed by atoms with E-state index in [9.17, 15) is 23.2 Å². The molecule has 0 aliphatic heterocycles. The SMILES string of the molecule is Cc1cccc(C)c1NC(=O)CNC(=O)C(C)OC(=O)c1cc(F)cc(F)c1. The van der Waals surface area contributed by atoms with Gasteiger partial charge in [-0.1, -0.05) is 18.2 Å². The molecular formula is C20H20F2N2O4. The molecule has 1 unspecified atom stereocenters. The summed E-state index contributed by atoms with van der Waals surface area (Å²) in [5, 5.41) is 5.05. The molecular weight excluding hydrogens is 370 g/mol.